The molecule has 26 heavy (non-hydrogen) atoms. The Morgan fingerprint density at radius 2 is 2.12 bits per heavy atom. The quantitative estimate of drug-likeness (QED) is 0.602. The summed E-state index contributed by atoms with van der Waals surface area (Å²) in [6.07, 6.45) is 3.61. The van der Waals surface area contributed by atoms with Crippen molar-refractivity contribution in [1.82, 2.24) is 14.9 Å². The van der Waals surface area contributed by atoms with Crippen molar-refractivity contribution in [2.24, 2.45) is 0 Å². The summed E-state index contributed by atoms with van der Waals surface area (Å²) in [5.74, 6) is 1.44. The standard InChI is InChI=1S/C18H23N5O2S/c1-2-5-14-12-16(24)21-18(20-14)26-13-17(25)23-10-8-22(9-11-23)15-6-3-4-7-19-15/h3-4,6-7,12H,2,5,8-11,13H2,1H3,(H,20,21,24)/p+1. The van der Waals surface area contributed by atoms with Crippen molar-refractivity contribution in [3.05, 3.63) is 46.5 Å². The molecule has 0 aromatic carbocycles. The molecule has 1 aliphatic heterocycles. The summed E-state index contributed by atoms with van der Waals surface area (Å²) < 4.78 is 0. The van der Waals surface area contributed by atoms with Crippen molar-refractivity contribution < 1.29 is 9.78 Å². The van der Waals surface area contributed by atoms with E-state index < -0.39 is 0 Å². The van der Waals surface area contributed by atoms with Crippen molar-refractivity contribution in [3.63, 3.8) is 0 Å². The fraction of sp³-hybridized carbons (Fsp3) is 0.444. The minimum Gasteiger partial charge on any atom is -0.334 e. The summed E-state index contributed by atoms with van der Waals surface area (Å²) in [5.41, 5.74) is 0.616. The lowest BCUT2D eigenvalue weighted by Crippen LogP contribution is -2.50. The Kier molecular flexibility index (Phi) is 6.27. The minimum atomic E-state index is -0.161. The Labute approximate surface area is 156 Å². The second-order valence-electron chi connectivity index (χ2n) is 6.20. The maximum absolute atomic E-state index is 12.5. The average molecular weight is 374 g/mol. The Bertz CT molecular complexity index is 788. The zero-order chi connectivity index (χ0) is 18.4. The number of H-pyrrole nitrogens is 2. The molecule has 1 saturated heterocycles. The van der Waals surface area contributed by atoms with Gasteiger partial charge < -0.3 is 9.88 Å². The molecule has 0 aliphatic carbocycles. The number of nitrogens with one attached hydrogen (secondary N) is 2. The number of thioether (sulfide) groups is 1. The molecule has 0 bridgehead atoms. The fourth-order valence-corrected chi connectivity index (χ4v) is 3.73. The first-order valence-electron chi connectivity index (χ1n) is 8.88. The third kappa shape index (κ3) is 4.85. The van der Waals surface area contributed by atoms with Crippen LogP contribution in [0.2, 0.25) is 0 Å². The van der Waals surface area contributed by atoms with Gasteiger partial charge in [0.25, 0.3) is 11.4 Å². The largest absolute Gasteiger partial charge is 0.334 e. The first-order chi connectivity index (χ1) is 12.7. The number of amides is 1. The number of nitrogens with zero attached hydrogens (tertiary/aromatic N) is 3. The van der Waals surface area contributed by atoms with Crippen molar-refractivity contribution in [2.45, 2.75) is 24.9 Å². The molecule has 0 spiro atoms. The van der Waals surface area contributed by atoms with Crippen LogP contribution in [0.15, 0.2) is 40.4 Å². The Morgan fingerprint density at radius 1 is 1.31 bits per heavy atom. The molecule has 8 heteroatoms. The smallest absolute Gasteiger partial charge is 0.274 e. The van der Waals surface area contributed by atoms with Crippen LogP contribution in [0.3, 0.4) is 0 Å². The van der Waals surface area contributed by atoms with Gasteiger partial charge in [0.2, 0.25) is 5.91 Å². The second-order valence-corrected chi connectivity index (χ2v) is 7.16. The summed E-state index contributed by atoms with van der Waals surface area (Å²) >= 11 is 1.30. The van der Waals surface area contributed by atoms with Gasteiger partial charge in [-0.2, -0.15) is 0 Å². The van der Waals surface area contributed by atoms with E-state index in [1.54, 1.807) is 0 Å². The Morgan fingerprint density at radius 3 is 2.81 bits per heavy atom. The molecule has 2 aromatic heterocycles. The molecule has 138 valence electrons. The van der Waals surface area contributed by atoms with Gasteiger partial charge in [-0.05, 0) is 12.5 Å². The minimum absolute atomic E-state index is 0.0789. The number of aryl methyl sites for hydroxylation is 1. The Hall–Kier alpha value is -2.35. The number of hydrogen-bond donors (Lipinski definition) is 1. The highest BCUT2D eigenvalue weighted by Crippen LogP contribution is 2.15. The predicted molar refractivity (Wildman–Crippen MR) is 101 cm³/mol. The predicted octanol–water partition coefficient (Wildman–Crippen LogP) is 0.977. The molecular formula is C18H24N5O2S+. The SMILES string of the molecule is CCCc1cc(=O)[nH]c(SCC(=O)N2CCN(c3cccc[nH+]3)CC2)n1. The monoisotopic (exact) mass is 374 g/mol. The Balaban J connectivity index is 1.51. The van der Waals surface area contributed by atoms with E-state index in [0.717, 1.165) is 37.4 Å². The van der Waals surface area contributed by atoms with Crippen LogP contribution in [0.4, 0.5) is 5.82 Å². The van der Waals surface area contributed by atoms with E-state index in [2.05, 4.69) is 19.9 Å². The molecule has 2 N–H and O–H groups in total. The summed E-state index contributed by atoms with van der Waals surface area (Å²) in [4.78, 5) is 38.6. The van der Waals surface area contributed by atoms with Crippen molar-refractivity contribution in [3.8, 4) is 0 Å². The summed E-state index contributed by atoms with van der Waals surface area (Å²) in [7, 11) is 0. The van der Waals surface area contributed by atoms with Crippen molar-refractivity contribution in [2.75, 3.05) is 36.8 Å². The molecule has 0 unspecified atom stereocenters. The lowest BCUT2D eigenvalue weighted by molar-refractivity contribution is -0.364. The number of carbonyl (C=O) groups excluding carboxylic acids is 1. The maximum atomic E-state index is 12.5. The van der Waals surface area contributed by atoms with E-state index in [1.165, 1.54) is 17.8 Å². The van der Waals surface area contributed by atoms with Gasteiger partial charge in [-0.1, -0.05) is 31.2 Å². The molecule has 2 aromatic rings. The maximum Gasteiger partial charge on any atom is 0.274 e. The number of carbonyl (C=O) groups is 1. The van der Waals surface area contributed by atoms with Gasteiger partial charge in [0.15, 0.2) is 5.16 Å². The fourth-order valence-electron chi connectivity index (χ4n) is 2.93. The van der Waals surface area contributed by atoms with Gasteiger partial charge in [0.1, 0.15) is 13.1 Å². The molecule has 3 heterocycles. The summed E-state index contributed by atoms with van der Waals surface area (Å²) in [6.45, 7) is 5.05. The van der Waals surface area contributed by atoms with Crippen LogP contribution >= 0.6 is 11.8 Å². The van der Waals surface area contributed by atoms with E-state index >= 15 is 0 Å². The molecule has 0 saturated carbocycles. The van der Waals surface area contributed by atoms with Gasteiger partial charge in [-0.15, -0.1) is 0 Å². The molecular weight excluding hydrogens is 350 g/mol. The zero-order valence-corrected chi connectivity index (χ0v) is 15.7. The first kappa shape index (κ1) is 18.4. The van der Waals surface area contributed by atoms with Gasteiger partial charge in [-0.25, -0.2) is 9.97 Å². The van der Waals surface area contributed by atoms with E-state index in [9.17, 15) is 9.59 Å². The first-order valence-corrected chi connectivity index (χ1v) is 9.86. The third-order valence-corrected chi connectivity index (χ3v) is 5.14. The molecule has 3 rings (SSSR count). The highest BCUT2D eigenvalue weighted by molar-refractivity contribution is 7.99. The molecule has 1 fully saturated rings. The lowest BCUT2D eigenvalue weighted by Gasteiger charge is -2.30. The van der Waals surface area contributed by atoms with Crippen LogP contribution in [-0.4, -0.2) is 52.7 Å². The van der Waals surface area contributed by atoms with E-state index in [1.807, 2.05) is 36.2 Å². The zero-order valence-electron chi connectivity index (χ0n) is 14.9. The van der Waals surface area contributed by atoms with Crippen LogP contribution in [0, 0.1) is 0 Å². The topological polar surface area (TPSA) is 83.4 Å². The highest BCUT2D eigenvalue weighted by Gasteiger charge is 2.26. The van der Waals surface area contributed by atoms with Crippen LogP contribution in [0.1, 0.15) is 19.0 Å². The second kappa shape index (κ2) is 8.84. The number of pyridine rings is 1. The number of aromatic amines is 2. The van der Waals surface area contributed by atoms with Gasteiger partial charge >= 0.3 is 0 Å². The molecule has 0 radical (unpaired) electrons. The number of anilines is 1. The van der Waals surface area contributed by atoms with E-state index in [4.69, 9.17) is 0 Å². The van der Waals surface area contributed by atoms with Crippen LogP contribution in [0.25, 0.3) is 0 Å². The van der Waals surface area contributed by atoms with E-state index in [0.29, 0.717) is 18.2 Å². The van der Waals surface area contributed by atoms with Gasteiger partial charge in [-0.3, -0.25) is 14.5 Å². The molecule has 7 nitrogen and oxygen atoms in total. The van der Waals surface area contributed by atoms with Crippen LogP contribution in [-0.2, 0) is 11.2 Å². The van der Waals surface area contributed by atoms with Crippen LogP contribution in [0.5, 0.6) is 0 Å². The number of hydrogen-bond acceptors (Lipinski definition) is 5. The average Bonchev–Trinajstić information content (AvgIpc) is 2.67. The third-order valence-electron chi connectivity index (χ3n) is 4.28. The lowest BCUT2D eigenvalue weighted by atomic mass is 10.2. The van der Waals surface area contributed by atoms with Gasteiger partial charge in [0, 0.05) is 17.8 Å². The molecule has 1 amide bonds. The van der Waals surface area contributed by atoms with Crippen molar-refractivity contribution in [1.29, 1.82) is 0 Å². The molecule has 0 atom stereocenters. The summed E-state index contributed by atoms with van der Waals surface area (Å²) in [6, 6.07) is 7.52. The van der Waals surface area contributed by atoms with E-state index in [-0.39, 0.29) is 17.2 Å². The highest BCUT2D eigenvalue weighted by atomic mass is 32.2. The number of piperazine rings is 1. The number of rotatable bonds is 6. The van der Waals surface area contributed by atoms with Crippen LogP contribution < -0.4 is 15.4 Å². The van der Waals surface area contributed by atoms with Gasteiger partial charge in [0.05, 0.1) is 25.0 Å². The summed E-state index contributed by atoms with van der Waals surface area (Å²) in [5, 5.41) is 0.520. The number of aromatic nitrogens is 3. The van der Waals surface area contributed by atoms with Crippen molar-refractivity contribution >= 4 is 23.5 Å². The normalized spacial score (nSPS) is 14.5. The molecule has 1 aliphatic rings.